The maximum Gasteiger partial charge on any atom is 0.277 e. The second-order valence-electron chi connectivity index (χ2n) is 8.18. The van der Waals surface area contributed by atoms with Gasteiger partial charge in [0.2, 0.25) is 5.91 Å². The fourth-order valence-electron chi connectivity index (χ4n) is 3.67. The van der Waals surface area contributed by atoms with Crippen LogP contribution in [0, 0.1) is 5.41 Å². The molecule has 0 saturated carbocycles. The van der Waals surface area contributed by atoms with E-state index in [2.05, 4.69) is 20.6 Å². The van der Waals surface area contributed by atoms with Gasteiger partial charge in [-0.15, -0.1) is 24.8 Å². The van der Waals surface area contributed by atoms with Crippen LogP contribution in [-0.2, 0) is 24.3 Å². The van der Waals surface area contributed by atoms with Gasteiger partial charge >= 0.3 is 0 Å². The SMILES string of the molecule is Cl.Cl.N=C(N)c1ccc(CNC(=O)Cn2c(-c3cccnc3)ncc(NCCc3ccccc3)c2=O)cc1. The van der Waals surface area contributed by atoms with Crippen LogP contribution in [0.1, 0.15) is 16.7 Å². The van der Waals surface area contributed by atoms with Gasteiger partial charge in [-0.3, -0.25) is 24.5 Å². The van der Waals surface area contributed by atoms with Gasteiger partial charge in [-0.25, -0.2) is 4.98 Å². The predicted molar refractivity (Wildman–Crippen MR) is 154 cm³/mol. The molecule has 0 unspecified atom stereocenters. The van der Waals surface area contributed by atoms with Gasteiger partial charge in [-0.05, 0) is 29.7 Å². The average Bonchev–Trinajstić information content (AvgIpc) is 2.91. The molecule has 0 saturated heterocycles. The summed E-state index contributed by atoms with van der Waals surface area (Å²) >= 11 is 0. The van der Waals surface area contributed by atoms with E-state index in [0.29, 0.717) is 29.2 Å². The number of nitrogens with two attached hydrogens (primary N) is 1. The highest BCUT2D eigenvalue weighted by Gasteiger charge is 2.15. The standard InChI is InChI=1S/C27H27N7O2.2ClH/c28-25(29)21-10-8-20(9-11-21)15-32-24(35)18-34-26(22-7-4-13-30-16-22)33-17-23(27(34)36)31-14-12-19-5-2-1-3-6-19;;/h1-11,13,16-17,31H,12,14-15,18H2,(H3,28,29)(H,32,35);2*1H. The van der Waals surface area contributed by atoms with Crippen LogP contribution >= 0.6 is 24.8 Å². The summed E-state index contributed by atoms with van der Waals surface area (Å²) < 4.78 is 1.36. The highest BCUT2D eigenvalue weighted by atomic mass is 35.5. The molecule has 0 aliphatic carbocycles. The van der Waals surface area contributed by atoms with Gasteiger partial charge in [0.25, 0.3) is 5.56 Å². The number of aromatic nitrogens is 3. The maximum atomic E-state index is 13.3. The van der Waals surface area contributed by atoms with Crippen LogP contribution in [0.25, 0.3) is 11.4 Å². The molecule has 1 amide bonds. The lowest BCUT2D eigenvalue weighted by molar-refractivity contribution is -0.121. The van der Waals surface area contributed by atoms with Crippen molar-refractivity contribution >= 4 is 42.2 Å². The maximum absolute atomic E-state index is 13.3. The number of nitrogens with one attached hydrogen (secondary N) is 3. The first kappa shape index (κ1) is 30.0. The molecule has 2 heterocycles. The molecule has 0 aliphatic rings. The quantitative estimate of drug-likeness (QED) is 0.175. The van der Waals surface area contributed by atoms with E-state index >= 15 is 0 Å². The van der Waals surface area contributed by atoms with Gasteiger partial charge in [0.1, 0.15) is 23.9 Å². The molecule has 2 aromatic carbocycles. The molecule has 0 fully saturated rings. The molecule has 0 spiro atoms. The van der Waals surface area contributed by atoms with Crippen molar-refractivity contribution < 1.29 is 4.79 Å². The minimum atomic E-state index is -0.335. The largest absolute Gasteiger partial charge is 0.384 e. The van der Waals surface area contributed by atoms with Crippen LogP contribution in [0.5, 0.6) is 0 Å². The van der Waals surface area contributed by atoms with Crippen molar-refractivity contribution in [3.63, 3.8) is 0 Å². The topological polar surface area (TPSA) is 139 Å². The minimum absolute atomic E-state index is 0. The monoisotopic (exact) mass is 553 g/mol. The third kappa shape index (κ3) is 7.89. The van der Waals surface area contributed by atoms with E-state index < -0.39 is 0 Å². The number of amidine groups is 1. The summed E-state index contributed by atoms with van der Waals surface area (Å²) in [6, 6.07) is 20.6. The Labute approximate surface area is 232 Å². The van der Waals surface area contributed by atoms with Gasteiger partial charge in [0, 0.05) is 36.6 Å². The predicted octanol–water partition coefficient (Wildman–Crippen LogP) is 3.40. The number of nitrogen functional groups attached to an aromatic ring is 1. The first-order chi connectivity index (χ1) is 17.5. The Hall–Kier alpha value is -4.21. The highest BCUT2D eigenvalue weighted by molar-refractivity contribution is 5.94. The zero-order valence-corrected chi connectivity index (χ0v) is 22.1. The summed E-state index contributed by atoms with van der Waals surface area (Å²) in [5.41, 5.74) is 8.73. The Morgan fingerprint density at radius 2 is 1.68 bits per heavy atom. The molecule has 4 aromatic rings. The molecule has 4 rings (SSSR count). The number of rotatable bonds is 10. The van der Waals surface area contributed by atoms with Crippen LogP contribution in [-0.4, -0.2) is 32.8 Å². The van der Waals surface area contributed by atoms with Crippen molar-refractivity contribution in [3.05, 3.63) is 112 Å². The molecule has 198 valence electrons. The minimum Gasteiger partial charge on any atom is -0.384 e. The van der Waals surface area contributed by atoms with Crippen molar-refractivity contribution in [2.75, 3.05) is 11.9 Å². The Morgan fingerprint density at radius 3 is 2.34 bits per heavy atom. The molecule has 2 aromatic heterocycles. The second-order valence-corrected chi connectivity index (χ2v) is 8.18. The smallest absolute Gasteiger partial charge is 0.277 e. The van der Waals surface area contributed by atoms with Gasteiger partial charge < -0.3 is 16.4 Å². The third-order valence-corrected chi connectivity index (χ3v) is 5.60. The average molecular weight is 554 g/mol. The lowest BCUT2D eigenvalue weighted by atomic mass is 10.1. The number of hydrogen-bond acceptors (Lipinski definition) is 6. The molecule has 11 heteroatoms. The number of amides is 1. The number of anilines is 1. The summed E-state index contributed by atoms with van der Waals surface area (Å²) in [4.78, 5) is 34.8. The zero-order chi connectivity index (χ0) is 25.3. The molecule has 5 N–H and O–H groups in total. The summed E-state index contributed by atoms with van der Waals surface area (Å²) in [6.45, 7) is 0.627. The van der Waals surface area contributed by atoms with Gasteiger partial charge in [-0.1, -0.05) is 54.6 Å². The molecule has 0 atom stereocenters. The Morgan fingerprint density at radius 1 is 0.947 bits per heavy atom. The van der Waals surface area contributed by atoms with Crippen LogP contribution in [0.15, 0.2) is 90.1 Å². The molecule has 0 aliphatic heterocycles. The first-order valence-corrected chi connectivity index (χ1v) is 11.5. The Bertz CT molecular complexity index is 1400. The third-order valence-electron chi connectivity index (χ3n) is 5.60. The summed E-state index contributed by atoms with van der Waals surface area (Å²) in [6.07, 6.45) is 5.49. The van der Waals surface area contributed by atoms with Crippen LogP contribution in [0.3, 0.4) is 0 Å². The van der Waals surface area contributed by atoms with Crippen LogP contribution < -0.4 is 21.9 Å². The van der Waals surface area contributed by atoms with Crippen molar-refractivity contribution in [2.24, 2.45) is 5.73 Å². The normalized spacial score (nSPS) is 10.0. The Kier molecular flexibility index (Phi) is 11.5. The fourth-order valence-corrected chi connectivity index (χ4v) is 3.67. The van der Waals surface area contributed by atoms with E-state index in [1.807, 2.05) is 30.3 Å². The summed E-state index contributed by atoms with van der Waals surface area (Å²) in [7, 11) is 0. The lowest BCUT2D eigenvalue weighted by Gasteiger charge is -2.15. The lowest BCUT2D eigenvalue weighted by Crippen LogP contribution is -2.34. The van der Waals surface area contributed by atoms with Crippen molar-refractivity contribution in [3.8, 4) is 11.4 Å². The van der Waals surface area contributed by atoms with Crippen molar-refractivity contribution in [2.45, 2.75) is 19.5 Å². The van der Waals surface area contributed by atoms with E-state index in [0.717, 1.165) is 17.5 Å². The van der Waals surface area contributed by atoms with Crippen LogP contribution in [0.4, 0.5) is 5.69 Å². The highest BCUT2D eigenvalue weighted by Crippen LogP contribution is 2.15. The van der Waals surface area contributed by atoms with E-state index in [1.54, 1.807) is 48.8 Å². The number of nitrogens with zero attached hydrogens (tertiary/aromatic N) is 3. The van der Waals surface area contributed by atoms with E-state index in [1.165, 1.54) is 10.8 Å². The van der Waals surface area contributed by atoms with E-state index in [4.69, 9.17) is 11.1 Å². The number of pyridine rings is 1. The number of carbonyl (C=O) groups excluding carboxylic acids is 1. The van der Waals surface area contributed by atoms with E-state index in [-0.39, 0.29) is 55.2 Å². The zero-order valence-electron chi connectivity index (χ0n) is 20.5. The number of benzene rings is 2. The van der Waals surface area contributed by atoms with Crippen molar-refractivity contribution in [1.29, 1.82) is 5.41 Å². The number of hydrogen-bond donors (Lipinski definition) is 4. The van der Waals surface area contributed by atoms with Gasteiger partial charge in [-0.2, -0.15) is 0 Å². The summed E-state index contributed by atoms with van der Waals surface area (Å²) in [5.74, 6) is 0.0152. The molecule has 38 heavy (non-hydrogen) atoms. The molecule has 9 nitrogen and oxygen atoms in total. The number of halogens is 2. The van der Waals surface area contributed by atoms with Crippen LogP contribution in [0.2, 0.25) is 0 Å². The number of carbonyl (C=O) groups is 1. The first-order valence-electron chi connectivity index (χ1n) is 11.5. The van der Waals surface area contributed by atoms with E-state index in [9.17, 15) is 9.59 Å². The second kappa shape index (κ2) is 14.5. The Balaban J connectivity index is 0.00000253. The molecular formula is C27H29Cl2N7O2. The molecule has 0 radical (unpaired) electrons. The molecular weight excluding hydrogens is 525 g/mol. The van der Waals surface area contributed by atoms with Gasteiger partial charge in [0.05, 0.1) is 6.20 Å². The van der Waals surface area contributed by atoms with Crippen molar-refractivity contribution in [1.82, 2.24) is 19.9 Å². The fraction of sp³-hybridized carbons (Fsp3) is 0.148. The molecule has 0 bridgehead atoms. The summed E-state index contributed by atoms with van der Waals surface area (Å²) in [5, 5.41) is 13.5. The van der Waals surface area contributed by atoms with Gasteiger partial charge in [0.15, 0.2) is 0 Å².